The maximum absolute atomic E-state index is 13.3. The number of aromatic nitrogens is 1. The Morgan fingerprint density at radius 1 is 1.29 bits per heavy atom. The van der Waals surface area contributed by atoms with Gasteiger partial charge in [-0.2, -0.15) is 0 Å². The molecule has 2 amide bonds. The molecule has 28 heavy (non-hydrogen) atoms. The molecule has 1 fully saturated rings. The van der Waals surface area contributed by atoms with E-state index in [1.54, 1.807) is 12.0 Å². The topological polar surface area (TPSA) is 83.0 Å². The molecule has 1 aromatic carbocycles. The van der Waals surface area contributed by atoms with Gasteiger partial charge < -0.3 is 19.6 Å². The van der Waals surface area contributed by atoms with E-state index < -0.39 is 6.09 Å². The zero-order valence-electron chi connectivity index (χ0n) is 15.8. The molecule has 1 N–H and O–H groups in total. The number of benzene rings is 1. The van der Waals surface area contributed by atoms with Crippen molar-refractivity contribution in [3.8, 4) is 5.75 Å². The van der Waals surface area contributed by atoms with Gasteiger partial charge in [0.25, 0.3) is 0 Å². The first-order valence-electron chi connectivity index (χ1n) is 8.94. The molecule has 0 saturated carbocycles. The van der Waals surface area contributed by atoms with Gasteiger partial charge in [0.1, 0.15) is 10.4 Å². The Morgan fingerprint density at radius 3 is 2.57 bits per heavy atom. The zero-order valence-corrected chi connectivity index (χ0v) is 17.3. The third-order valence-corrected chi connectivity index (χ3v) is 5.42. The molecule has 1 aliphatic heterocycles. The molecule has 3 rings (SSSR count). The summed E-state index contributed by atoms with van der Waals surface area (Å²) in [6.45, 7) is 2.82. The summed E-state index contributed by atoms with van der Waals surface area (Å²) in [5.74, 6) is 0.265. The number of hydrogen-bond acceptors (Lipinski definition) is 4. The highest BCUT2D eigenvalue weighted by Crippen LogP contribution is 2.30. The van der Waals surface area contributed by atoms with E-state index >= 15 is 0 Å². The summed E-state index contributed by atoms with van der Waals surface area (Å²) in [5, 5.41) is 9.20. The summed E-state index contributed by atoms with van der Waals surface area (Å²) in [7, 11) is 1.61. The first kappa shape index (κ1) is 20.1. The molecule has 0 radical (unpaired) electrons. The van der Waals surface area contributed by atoms with Gasteiger partial charge in [0.05, 0.1) is 25.3 Å². The number of likely N-dealkylation sites (tertiary alicyclic amines) is 1. The summed E-state index contributed by atoms with van der Waals surface area (Å²) in [6.07, 6.45) is -0.476. The number of carbonyl (C=O) groups excluding carboxylic acids is 1. The number of pyridine rings is 1. The van der Waals surface area contributed by atoms with E-state index in [1.807, 2.05) is 43.3 Å². The average Bonchev–Trinajstić information content (AvgIpc) is 3.17. The molecule has 1 unspecified atom stereocenters. The number of ether oxygens (including phenoxy) is 1. The lowest BCUT2D eigenvalue weighted by Crippen LogP contribution is -2.38. The molecule has 1 aromatic heterocycles. The molecule has 1 aliphatic rings. The van der Waals surface area contributed by atoms with Crippen LogP contribution in [0.15, 0.2) is 41.0 Å². The van der Waals surface area contributed by atoms with E-state index in [-0.39, 0.29) is 18.4 Å². The Balaban J connectivity index is 1.89. The van der Waals surface area contributed by atoms with Crippen LogP contribution < -0.4 is 9.64 Å². The van der Waals surface area contributed by atoms with Crippen LogP contribution in [0.4, 0.5) is 10.5 Å². The number of carbonyl (C=O) groups is 2. The van der Waals surface area contributed by atoms with Crippen LogP contribution in [-0.4, -0.2) is 47.2 Å². The third kappa shape index (κ3) is 4.44. The number of amides is 2. The van der Waals surface area contributed by atoms with Gasteiger partial charge in [-0.25, -0.2) is 9.78 Å². The van der Waals surface area contributed by atoms with Gasteiger partial charge >= 0.3 is 6.09 Å². The molecular formula is C20H22BrN3O4. The maximum Gasteiger partial charge on any atom is 0.407 e. The van der Waals surface area contributed by atoms with Crippen molar-refractivity contribution in [2.45, 2.75) is 19.9 Å². The first-order chi connectivity index (χ1) is 13.4. The van der Waals surface area contributed by atoms with Crippen molar-refractivity contribution in [1.82, 2.24) is 9.88 Å². The van der Waals surface area contributed by atoms with Gasteiger partial charge in [0.2, 0.25) is 5.91 Å². The fraction of sp³-hybridized carbons (Fsp3) is 0.350. The van der Waals surface area contributed by atoms with Crippen molar-refractivity contribution in [2.75, 3.05) is 25.1 Å². The predicted molar refractivity (Wildman–Crippen MR) is 109 cm³/mol. The van der Waals surface area contributed by atoms with E-state index in [0.29, 0.717) is 29.8 Å². The fourth-order valence-electron chi connectivity index (χ4n) is 3.27. The smallest absolute Gasteiger partial charge is 0.407 e. The molecule has 1 saturated heterocycles. The van der Waals surface area contributed by atoms with Crippen molar-refractivity contribution < 1.29 is 19.4 Å². The largest absolute Gasteiger partial charge is 0.497 e. The van der Waals surface area contributed by atoms with E-state index in [4.69, 9.17) is 4.74 Å². The van der Waals surface area contributed by atoms with Crippen LogP contribution >= 0.6 is 15.9 Å². The summed E-state index contributed by atoms with van der Waals surface area (Å²) in [4.78, 5) is 31.9. The Labute approximate surface area is 172 Å². The summed E-state index contributed by atoms with van der Waals surface area (Å²) in [6, 6.07) is 11.2. The third-order valence-electron chi connectivity index (χ3n) is 4.83. The molecule has 1 atom stereocenters. The van der Waals surface area contributed by atoms with Crippen molar-refractivity contribution >= 4 is 33.6 Å². The van der Waals surface area contributed by atoms with Crippen LogP contribution in [0.5, 0.6) is 5.75 Å². The number of carboxylic acid groups (broad SMARTS) is 1. The van der Waals surface area contributed by atoms with Gasteiger partial charge in [-0.3, -0.25) is 4.79 Å². The van der Waals surface area contributed by atoms with E-state index in [2.05, 4.69) is 20.9 Å². The van der Waals surface area contributed by atoms with E-state index in [9.17, 15) is 14.7 Å². The molecule has 2 aromatic rings. The van der Waals surface area contributed by atoms with Gasteiger partial charge in [-0.05, 0) is 59.1 Å². The highest BCUT2D eigenvalue weighted by molar-refractivity contribution is 9.10. The van der Waals surface area contributed by atoms with Crippen LogP contribution in [0.2, 0.25) is 0 Å². The Morgan fingerprint density at radius 2 is 2.00 bits per heavy atom. The van der Waals surface area contributed by atoms with Gasteiger partial charge in [-0.15, -0.1) is 0 Å². The zero-order chi connectivity index (χ0) is 20.3. The molecule has 0 spiro atoms. The number of hydrogen-bond donors (Lipinski definition) is 1. The normalized spacial score (nSPS) is 16.1. The van der Waals surface area contributed by atoms with Crippen molar-refractivity contribution in [3.05, 3.63) is 52.3 Å². The minimum absolute atomic E-state index is 0.106. The lowest BCUT2D eigenvalue weighted by Gasteiger charge is -2.27. The maximum atomic E-state index is 13.3. The lowest BCUT2D eigenvalue weighted by molar-refractivity contribution is -0.122. The monoisotopic (exact) mass is 447 g/mol. The van der Waals surface area contributed by atoms with E-state index in [0.717, 1.165) is 17.0 Å². The molecule has 8 heteroatoms. The second-order valence-corrected chi connectivity index (χ2v) is 7.50. The fourth-order valence-corrected chi connectivity index (χ4v) is 3.90. The summed E-state index contributed by atoms with van der Waals surface area (Å²) < 4.78 is 5.78. The quantitative estimate of drug-likeness (QED) is 0.706. The van der Waals surface area contributed by atoms with Crippen LogP contribution in [0.3, 0.4) is 0 Å². The number of rotatable bonds is 5. The number of nitrogens with zero attached hydrogens (tertiary/aromatic N) is 3. The molecule has 148 valence electrons. The van der Waals surface area contributed by atoms with Crippen molar-refractivity contribution in [3.63, 3.8) is 0 Å². The highest BCUT2D eigenvalue weighted by Gasteiger charge is 2.34. The van der Waals surface area contributed by atoms with Crippen LogP contribution in [0.1, 0.15) is 17.7 Å². The Bertz CT molecular complexity index is 872. The van der Waals surface area contributed by atoms with Gasteiger partial charge in [0.15, 0.2) is 0 Å². The second kappa shape index (κ2) is 8.60. The molecule has 0 bridgehead atoms. The first-order valence-corrected chi connectivity index (χ1v) is 9.73. The molecule has 7 nitrogen and oxygen atoms in total. The average molecular weight is 448 g/mol. The minimum atomic E-state index is -0.991. The SMILES string of the molecule is COc1ccc(CN(C(=O)C2CCN(C(=O)O)C2)c2ccc(C)nc2Br)cc1. The Kier molecular flexibility index (Phi) is 6.18. The van der Waals surface area contributed by atoms with E-state index in [1.165, 1.54) is 4.90 Å². The number of halogens is 1. The predicted octanol–water partition coefficient (Wildman–Crippen LogP) is 3.69. The lowest BCUT2D eigenvalue weighted by atomic mass is 10.1. The Hall–Kier alpha value is -2.61. The number of methoxy groups -OCH3 is 1. The number of anilines is 1. The minimum Gasteiger partial charge on any atom is -0.497 e. The standard InChI is InChI=1S/C20H22BrN3O4/c1-13-3-8-17(18(21)22-13)24(11-14-4-6-16(28-2)7-5-14)19(25)15-9-10-23(12-15)20(26)27/h3-8,15H,9-12H2,1-2H3,(H,26,27). The molecular weight excluding hydrogens is 426 g/mol. The second-order valence-electron chi connectivity index (χ2n) is 6.75. The summed E-state index contributed by atoms with van der Waals surface area (Å²) >= 11 is 3.47. The van der Waals surface area contributed by atoms with Crippen LogP contribution in [0, 0.1) is 12.8 Å². The van der Waals surface area contributed by atoms with Gasteiger partial charge in [0, 0.05) is 18.8 Å². The number of aryl methyl sites for hydroxylation is 1. The highest BCUT2D eigenvalue weighted by atomic mass is 79.9. The van der Waals surface area contributed by atoms with Crippen LogP contribution in [0.25, 0.3) is 0 Å². The molecule has 2 heterocycles. The van der Waals surface area contributed by atoms with Crippen molar-refractivity contribution in [1.29, 1.82) is 0 Å². The molecule has 0 aliphatic carbocycles. The summed E-state index contributed by atoms with van der Waals surface area (Å²) in [5.41, 5.74) is 2.44. The van der Waals surface area contributed by atoms with Crippen molar-refractivity contribution in [2.24, 2.45) is 5.92 Å². The van der Waals surface area contributed by atoms with Gasteiger partial charge in [-0.1, -0.05) is 12.1 Å². The van der Waals surface area contributed by atoms with Crippen LogP contribution in [-0.2, 0) is 11.3 Å².